The molecule has 3 nitrogen and oxygen atoms in total. The van der Waals surface area contributed by atoms with Crippen LogP contribution in [0, 0.1) is 12.3 Å². The molecule has 1 amide bonds. The summed E-state index contributed by atoms with van der Waals surface area (Å²) < 4.78 is 0. The van der Waals surface area contributed by atoms with Crippen molar-refractivity contribution in [3.05, 3.63) is 35.4 Å². The topological polar surface area (TPSA) is 55.1 Å². The number of nitrogens with two attached hydrogens (primary N) is 1. The third kappa shape index (κ3) is 5.43. The normalized spacial score (nSPS) is 13.1. The molecule has 19 heavy (non-hydrogen) atoms. The molecule has 1 atom stereocenters. The summed E-state index contributed by atoms with van der Waals surface area (Å²) in [6.45, 7) is 8.80. The van der Waals surface area contributed by atoms with Crippen LogP contribution >= 0.6 is 0 Å². The van der Waals surface area contributed by atoms with Crippen LogP contribution < -0.4 is 11.1 Å². The third-order valence-electron chi connectivity index (χ3n) is 3.38. The minimum atomic E-state index is -0.00569. The third-order valence-corrected chi connectivity index (χ3v) is 3.38. The van der Waals surface area contributed by atoms with Crippen LogP contribution in [0.4, 0.5) is 0 Å². The Labute approximate surface area is 116 Å². The first-order chi connectivity index (χ1) is 8.82. The molecule has 1 unspecified atom stereocenters. The van der Waals surface area contributed by atoms with Gasteiger partial charge in [-0.2, -0.15) is 0 Å². The maximum Gasteiger partial charge on any atom is 0.220 e. The van der Waals surface area contributed by atoms with Gasteiger partial charge in [-0.25, -0.2) is 0 Å². The molecule has 0 radical (unpaired) electrons. The van der Waals surface area contributed by atoms with Crippen molar-refractivity contribution in [3.63, 3.8) is 0 Å². The number of aryl methyl sites for hydroxylation is 2. The van der Waals surface area contributed by atoms with Gasteiger partial charge < -0.3 is 11.1 Å². The lowest BCUT2D eigenvalue weighted by molar-refractivity contribution is -0.122. The number of amides is 1. The number of carbonyl (C=O) groups is 1. The highest BCUT2D eigenvalue weighted by molar-refractivity contribution is 5.76. The summed E-state index contributed by atoms with van der Waals surface area (Å²) in [7, 11) is 0. The van der Waals surface area contributed by atoms with Crippen molar-refractivity contribution in [1.82, 2.24) is 5.32 Å². The molecule has 0 aliphatic rings. The predicted octanol–water partition coefficient (Wildman–Crippen LogP) is 2.42. The smallest absolute Gasteiger partial charge is 0.220 e. The molecule has 0 aliphatic carbocycles. The molecule has 0 fully saturated rings. The van der Waals surface area contributed by atoms with Crippen LogP contribution in [-0.2, 0) is 11.2 Å². The maximum absolute atomic E-state index is 11.9. The molecule has 0 bridgehead atoms. The second kappa shape index (κ2) is 6.71. The van der Waals surface area contributed by atoms with E-state index in [0.717, 1.165) is 6.42 Å². The fourth-order valence-corrected chi connectivity index (χ4v) is 1.91. The molecule has 1 aromatic carbocycles. The molecule has 0 aromatic heterocycles. The van der Waals surface area contributed by atoms with Gasteiger partial charge >= 0.3 is 0 Å². The van der Waals surface area contributed by atoms with E-state index in [-0.39, 0.29) is 17.4 Å². The summed E-state index contributed by atoms with van der Waals surface area (Å²) in [5.41, 5.74) is 8.15. The quantitative estimate of drug-likeness (QED) is 0.856. The van der Waals surface area contributed by atoms with Crippen LogP contribution in [0.15, 0.2) is 24.3 Å². The zero-order valence-corrected chi connectivity index (χ0v) is 12.5. The van der Waals surface area contributed by atoms with Gasteiger partial charge in [0.05, 0.1) is 0 Å². The van der Waals surface area contributed by atoms with Crippen molar-refractivity contribution in [3.8, 4) is 0 Å². The highest BCUT2D eigenvalue weighted by atomic mass is 16.1. The largest absolute Gasteiger partial charge is 0.352 e. The van der Waals surface area contributed by atoms with E-state index >= 15 is 0 Å². The SMILES string of the molecule is Cc1ccc(CCC(=O)NC(CN)C(C)(C)C)cc1. The lowest BCUT2D eigenvalue weighted by Gasteiger charge is -2.30. The summed E-state index contributed by atoms with van der Waals surface area (Å²) in [4.78, 5) is 11.9. The molecule has 0 saturated heterocycles. The number of hydrogen-bond acceptors (Lipinski definition) is 2. The summed E-state index contributed by atoms with van der Waals surface area (Å²) in [5, 5.41) is 3.02. The van der Waals surface area contributed by atoms with Crippen LogP contribution in [0.25, 0.3) is 0 Å². The van der Waals surface area contributed by atoms with Crippen LogP contribution in [0.5, 0.6) is 0 Å². The Hall–Kier alpha value is -1.35. The molecule has 0 heterocycles. The van der Waals surface area contributed by atoms with Crippen LogP contribution in [0.1, 0.15) is 38.3 Å². The molecule has 0 spiro atoms. The second-order valence-electron chi connectivity index (χ2n) is 6.21. The summed E-state index contributed by atoms with van der Waals surface area (Å²) in [6.07, 6.45) is 1.28. The average Bonchev–Trinajstić information content (AvgIpc) is 2.34. The lowest BCUT2D eigenvalue weighted by Crippen LogP contribution is -2.48. The molecule has 1 aromatic rings. The first-order valence-corrected chi connectivity index (χ1v) is 6.88. The highest BCUT2D eigenvalue weighted by Gasteiger charge is 2.24. The van der Waals surface area contributed by atoms with Crippen molar-refractivity contribution in [2.24, 2.45) is 11.1 Å². The van der Waals surface area contributed by atoms with E-state index in [0.29, 0.717) is 13.0 Å². The van der Waals surface area contributed by atoms with Gasteiger partial charge in [0, 0.05) is 19.0 Å². The van der Waals surface area contributed by atoms with Gasteiger partial charge in [-0.05, 0) is 24.3 Å². The Bertz CT molecular complexity index is 404. The van der Waals surface area contributed by atoms with Crippen molar-refractivity contribution < 1.29 is 4.79 Å². The Balaban J connectivity index is 2.45. The van der Waals surface area contributed by atoms with Crippen molar-refractivity contribution in [2.75, 3.05) is 6.54 Å². The molecule has 3 heteroatoms. The van der Waals surface area contributed by atoms with Crippen LogP contribution in [0.3, 0.4) is 0 Å². The number of carbonyl (C=O) groups excluding carboxylic acids is 1. The van der Waals surface area contributed by atoms with Crippen molar-refractivity contribution in [1.29, 1.82) is 0 Å². The van der Waals surface area contributed by atoms with E-state index in [9.17, 15) is 4.79 Å². The zero-order valence-electron chi connectivity index (χ0n) is 12.5. The Kier molecular flexibility index (Phi) is 5.55. The number of rotatable bonds is 5. The number of benzene rings is 1. The van der Waals surface area contributed by atoms with Crippen molar-refractivity contribution >= 4 is 5.91 Å². The summed E-state index contributed by atoms with van der Waals surface area (Å²) in [5.74, 6) is 0.0750. The second-order valence-corrected chi connectivity index (χ2v) is 6.21. The molecular formula is C16H26N2O. The maximum atomic E-state index is 11.9. The van der Waals surface area contributed by atoms with E-state index in [2.05, 4.69) is 57.3 Å². The minimum absolute atomic E-state index is 0.00569. The standard InChI is InChI=1S/C16H26N2O/c1-12-5-7-13(8-6-12)9-10-15(19)18-14(11-17)16(2,3)4/h5-8,14H,9-11,17H2,1-4H3,(H,18,19). The van der Waals surface area contributed by atoms with Crippen LogP contribution in [-0.4, -0.2) is 18.5 Å². The molecule has 1 rings (SSSR count). The van der Waals surface area contributed by atoms with Gasteiger partial charge in [-0.1, -0.05) is 50.6 Å². The van der Waals surface area contributed by atoms with Gasteiger partial charge in [0.25, 0.3) is 0 Å². The van der Waals surface area contributed by atoms with Crippen LogP contribution in [0.2, 0.25) is 0 Å². The predicted molar refractivity (Wildman–Crippen MR) is 79.9 cm³/mol. The van der Waals surface area contributed by atoms with Crippen molar-refractivity contribution in [2.45, 2.75) is 46.6 Å². The van der Waals surface area contributed by atoms with Gasteiger partial charge in [0.1, 0.15) is 0 Å². The summed E-state index contributed by atoms with van der Waals surface area (Å²) in [6, 6.07) is 8.33. The molecular weight excluding hydrogens is 236 g/mol. The Morgan fingerprint density at radius 3 is 2.32 bits per heavy atom. The first-order valence-electron chi connectivity index (χ1n) is 6.88. The molecule has 0 aliphatic heterocycles. The van der Waals surface area contributed by atoms with E-state index < -0.39 is 0 Å². The summed E-state index contributed by atoms with van der Waals surface area (Å²) >= 11 is 0. The van der Waals surface area contributed by atoms with Gasteiger partial charge in [0.2, 0.25) is 5.91 Å². The molecule has 0 saturated carbocycles. The minimum Gasteiger partial charge on any atom is -0.352 e. The number of hydrogen-bond donors (Lipinski definition) is 2. The molecule has 106 valence electrons. The number of nitrogens with one attached hydrogen (secondary N) is 1. The van der Waals surface area contributed by atoms with E-state index in [1.165, 1.54) is 11.1 Å². The van der Waals surface area contributed by atoms with Gasteiger partial charge in [-0.3, -0.25) is 4.79 Å². The van der Waals surface area contributed by atoms with Gasteiger partial charge in [0.15, 0.2) is 0 Å². The van der Waals surface area contributed by atoms with E-state index in [4.69, 9.17) is 5.73 Å². The Morgan fingerprint density at radius 2 is 1.84 bits per heavy atom. The fourth-order valence-electron chi connectivity index (χ4n) is 1.91. The first kappa shape index (κ1) is 15.7. The van der Waals surface area contributed by atoms with E-state index in [1.807, 2.05) is 0 Å². The highest BCUT2D eigenvalue weighted by Crippen LogP contribution is 2.18. The van der Waals surface area contributed by atoms with E-state index in [1.54, 1.807) is 0 Å². The zero-order chi connectivity index (χ0) is 14.5. The van der Waals surface area contributed by atoms with Gasteiger partial charge in [-0.15, -0.1) is 0 Å². The fraction of sp³-hybridized carbons (Fsp3) is 0.562. The molecule has 3 N–H and O–H groups in total. The Morgan fingerprint density at radius 1 is 1.26 bits per heavy atom. The average molecular weight is 262 g/mol. The lowest BCUT2D eigenvalue weighted by atomic mass is 9.86. The monoisotopic (exact) mass is 262 g/mol.